The van der Waals surface area contributed by atoms with Crippen LogP contribution in [0.15, 0.2) is 0 Å². The maximum absolute atomic E-state index is 11.0. The van der Waals surface area contributed by atoms with Crippen LogP contribution in [0.5, 0.6) is 0 Å². The molecule has 1 fully saturated rings. The van der Waals surface area contributed by atoms with Crippen LogP contribution in [0.2, 0.25) is 0 Å². The third kappa shape index (κ3) is 3.64. The fourth-order valence-electron chi connectivity index (χ4n) is 1.73. The molecule has 1 aliphatic heterocycles. The number of amides is 1. The zero-order chi connectivity index (χ0) is 10.4. The van der Waals surface area contributed by atoms with Crippen LogP contribution in [0.25, 0.3) is 0 Å². The zero-order valence-electron chi connectivity index (χ0n) is 8.74. The first kappa shape index (κ1) is 11.5. The second-order valence-corrected chi connectivity index (χ2v) is 3.75. The van der Waals surface area contributed by atoms with Crippen molar-refractivity contribution in [1.29, 1.82) is 0 Å². The van der Waals surface area contributed by atoms with Gasteiger partial charge in [-0.15, -0.1) is 0 Å². The molecule has 1 rings (SSSR count). The molecule has 82 valence electrons. The Morgan fingerprint density at radius 3 is 2.64 bits per heavy atom. The van der Waals surface area contributed by atoms with Gasteiger partial charge in [0.15, 0.2) is 0 Å². The summed E-state index contributed by atoms with van der Waals surface area (Å²) in [6, 6.07) is 0. The molecule has 4 nitrogen and oxygen atoms in total. The summed E-state index contributed by atoms with van der Waals surface area (Å²) in [7, 11) is 0. The highest BCUT2D eigenvalue weighted by molar-refractivity contribution is 5.73. The Hall–Kier alpha value is -0.610. The average molecular weight is 201 g/mol. The van der Waals surface area contributed by atoms with Crippen molar-refractivity contribution < 1.29 is 14.6 Å². The number of ether oxygens (including phenoxy) is 1. The molecule has 4 heteroatoms. The Kier molecular flexibility index (Phi) is 4.90. The molecule has 1 saturated heterocycles. The van der Waals surface area contributed by atoms with Crippen LogP contribution in [0.1, 0.15) is 19.8 Å². The van der Waals surface area contributed by atoms with E-state index >= 15 is 0 Å². The minimum atomic E-state index is 0.0896. The standard InChI is InChI=1S/C10H19NO3/c1-9(13)11-4-2-10(3-5-11)8-14-7-6-12/h10,12H,2-8H2,1H3. The van der Waals surface area contributed by atoms with Crippen LogP contribution in [0.3, 0.4) is 0 Å². The Morgan fingerprint density at radius 2 is 2.14 bits per heavy atom. The molecule has 0 spiro atoms. The molecule has 1 amide bonds. The van der Waals surface area contributed by atoms with Crippen LogP contribution >= 0.6 is 0 Å². The van der Waals surface area contributed by atoms with Crippen molar-refractivity contribution in [3.63, 3.8) is 0 Å². The Bertz CT molecular complexity index is 176. The van der Waals surface area contributed by atoms with Gasteiger partial charge in [0.25, 0.3) is 0 Å². The molecule has 0 unspecified atom stereocenters. The van der Waals surface area contributed by atoms with Gasteiger partial charge in [-0.2, -0.15) is 0 Å². The first-order valence-electron chi connectivity index (χ1n) is 5.18. The molecule has 1 aliphatic rings. The van der Waals surface area contributed by atoms with Crippen LogP contribution < -0.4 is 0 Å². The number of hydrogen-bond donors (Lipinski definition) is 1. The van der Waals surface area contributed by atoms with Gasteiger partial charge >= 0.3 is 0 Å². The normalized spacial score (nSPS) is 18.6. The molecule has 0 aromatic rings. The van der Waals surface area contributed by atoms with Crippen molar-refractivity contribution in [2.45, 2.75) is 19.8 Å². The first-order chi connectivity index (χ1) is 6.74. The molecule has 0 aromatic heterocycles. The molecule has 0 bridgehead atoms. The van der Waals surface area contributed by atoms with Crippen LogP contribution in [-0.2, 0) is 9.53 Å². The van der Waals surface area contributed by atoms with Crippen molar-refractivity contribution in [3.8, 4) is 0 Å². The highest BCUT2D eigenvalue weighted by atomic mass is 16.5. The molecule has 1 heterocycles. The van der Waals surface area contributed by atoms with Gasteiger partial charge in [0.05, 0.1) is 13.2 Å². The van der Waals surface area contributed by atoms with E-state index in [0.29, 0.717) is 19.1 Å². The maximum Gasteiger partial charge on any atom is 0.219 e. The number of carbonyl (C=O) groups is 1. The van der Waals surface area contributed by atoms with Crippen LogP contribution in [-0.4, -0.2) is 48.8 Å². The Balaban J connectivity index is 2.12. The topological polar surface area (TPSA) is 49.8 Å². The predicted molar refractivity (Wildman–Crippen MR) is 52.9 cm³/mol. The number of carbonyl (C=O) groups excluding carboxylic acids is 1. The highest BCUT2D eigenvalue weighted by Crippen LogP contribution is 2.17. The number of nitrogens with zero attached hydrogens (tertiary/aromatic N) is 1. The van der Waals surface area contributed by atoms with E-state index in [1.807, 2.05) is 4.90 Å². The van der Waals surface area contributed by atoms with Gasteiger partial charge in [0.1, 0.15) is 0 Å². The predicted octanol–water partition coefficient (Wildman–Crippen LogP) is 0.254. The maximum atomic E-state index is 11.0. The SMILES string of the molecule is CC(=O)N1CCC(COCCO)CC1. The van der Waals surface area contributed by atoms with E-state index in [1.54, 1.807) is 6.92 Å². The molecule has 0 atom stereocenters. The first-order valence-corrected chi connectivity index (χ1v) is 5.18. The number of piperidine rings is 1. The van der Waals surface area contributed by atoms with E-state index in [4.69, 9.17) is 9.84 Å². The number of hydrogen-bond acceptors (Lipinski definition) is 3. The second-order valence-electron chi connectivity index (χ2n) is 3.75. The fourth-order valence-corrected chi connectivity index (χ4v) is 1.73. The second kappa shape index (κ2) is 5.98. The number of aliphatic hydroxyl groups is 1. The molecule has 1 N–H and O–H groups in total. The van der Waals surface area contributed by atoms with E-state index in [2.05, 4.69) is 0 Å². The largest absolute Gasteiger partial charge is 0.394 e. The summed E-state index contributed by atoms with van der Waals surface area (Å²) < 4.78 is 5.26. The van der Waals surface area contributed by atoms with Crippen molar-refractivity contribution in [3.05, 3.63) is 0 Å². The van der Waals surface area contributed by atoms with Gasteiger partial charge in [0, 0.05) is 26.6 Å². The van der Waals surface area contributed by atoms with Crippen molar-refractivity contribution in [1.82, 2.24) is 4.90 Å². The molecule has 0 aliphatic carbocycles. The lowest BCUT2D eigenvalue weighted by atomic mass is 9.98. The zero-order valence-corrected chi connectivity index (χ0v) is 8.74. The summed E-state index contributed by atoms with van der Waals surface area (Å²) in [6.45, 7) is 4.54. The smallest absolute Gasteiger partial charge is 0.219 e. The monoisotopic (exact) mass is 201 g/mol. The average Bonchev–Trinajstić information content (AvgIpc) is 2.19. The molecule has 14 heavy (non-hydrogen) atoms. The summed E-state index contributed by atoms with van der Waals surface area (Å²) in [4.78, 5) is 12.9. The molecule has 0 saturated carbocycles. The van der Waals surface area contributed by atoms with E-state index in [-0.39, 0.29) is 12.5 Å². The van der Waals surface area contributed by atoms with Gasteiger partial charge in [-0.1, -0.05) is 0 Å². The fraction of sp³-hybridized carbons (Fsp3) is 0.900. The summed E-state index contributed by atoms with van der Waals surface area (Å²) in [5, 5.41) is 8.53. The van der Waals surface area contributed by atoms with Gasteiger partial charge < -0.3 is 14.7 Å². The van der Waals surface area contributed by atoms with E-state index < -0.39 is 0 Å². The van der Waals surface area contributed by atoms with Crippen molar-refractivity contribution in [2.24, 2.45) is 5.92 Å². The molecule has 0 radical (unpaired) electrons. The lowest BCUT2D eigenvalue weighted by Gasteiger charge is -2.31. The number of aliphatic hydroxyl groups excluding tert-OH is 1. The Morgan fingerprint density at radius 1 is 1.50 bits per heavy atom. The number of rotatable bonds is 4. The minimum absolute atomic E-state index is 0.0896. The van der Waals surface area contributed by atoms with Crippen LogP contribution in [0.4, 0.5) is 0 Å². The van der Waals surface area contributed by atoms with Crippen molar-refractivity contribution in [2.75, 3.05) is 32.9 Å². The summed E-state index contributed by atoms with van der Waals surface area (Å²) >= 11 is 0. The van der Waals surface area contributed by atoms with Gasteiger partial charge in [-0.05, 0) is 18.8 Å². The third-order valence-electron chi connectivity index (χ3n) is 2.65. The minimum Gasteiger partial charge on any atom is -0.394 e. The summed E-state index contributed by atoms with van der Waals surface area (Å²) in [5.74, 6) is 0.719. The lowest BCUT2D eigenvalue weighted by molar-refractivity contribution is -0.130. The Labute approximate surface area is 84.8 Å². The van der Waals surface area contributed by atoms with E-state index in [1.165, 1.54) is 0 Å². The van der Waals surface area contributed by atoms with Gasteiger partial charge in [0.2, 0.25) is 5.91 Å². The third-order valence-corrected chi connectivity index (χ3v) is 2.65. The lowest BCUT2D eigenvalue weighted by Crippen LogP contribution is -2.38. The quantitative estimate of drug-likeness (QED) is 0.663. The highest BCUT2D eigenvalue weighted by Gasteiger charge is 2.20. The summed E-state index contributed by atoms with van der Waals surface area (Å²) in [6.07, 6.45) is 2.04. The number of likely N-dealkylation sites (tertiary alicyclic amines) is 1. The van der Waals surface area contributed by atoms with Crippen molar-refractivity contribution >= 4 is 5.91 Å². The van der Waals surface area contributed by atoms with Gasteiger partial charge in [-0.3, -0.25) is 4.79 Å². The molecular weight excluding hydrogens is 182 g/mol. The molecule has 0 aromatic carbocycles. The van der Waals surface area contributed by atoms with Gasteiger partial charge in [-0.25, -0.2) is 0 Å². The molecular formula is C10H19NO3. The van der Waals surface area contributed by atoms with Crippen LogP contribution in [0, 0.1) is 5.92 Å². The summed E-state index contributed by atoms with van der Waals surface area (Å²) in [5.41, 5.74) is 0. The van der Waals surface area contributed by atoms with E-state index in [0.717, 1.165) is 25.9 Å². The van der Waals surface area contributed by atoms with E-state index in [9.17, 15) is 4.79 Å².